The van der Waals surface area contributed by atoms with E-state index >= 15 is 0 Å². The lowest BCUT2D eigenvalue weighted by Crippen LogP contribution is -2.25. The van der Waals surface area contributed by atoms with Crippen LogP contribution >= 0.6 is 0 Å². The van der Waals surface area contributed by atoms with Gasteiger partial charge in [-0.3, -0.25) is 9.59 Å². The number of aliphatic carboxylic acids is 1. The van der Waals surface area contributed by atoms with Gasteiger partial charge < -0.3 is 24.3 Å². The third-order valence-electron chi connectivity index (χ3n) is 3.94. The summed E-state index contributed by atoms with van der Waals surface area (Å²) in [6.07, 6.45) is 1.05. The van der Waals surface area contributed by atoms with Gasteiger partial charge in [-0.1, -0.05) is 12.1 Å². The van der Waals surface area contributed by atoms with Crippen molar-refractivity contribution < 1.29 is 28.6 Å². The van der Waals surface area contributed by atoms with E-state index < -0.39 is 5.97 Å². The van der Waals surface area contributed by atoms with Crippen molar-refractivity contribution in [1.82, 2.24) is 5.32 Å². The molecule has 0 saturated heterocycles. The fourth-order valence-corrected chi connectivity index (χ4v) is 2.63. The molecule has 2 aromatic rings. The van der Waals surface area contributed by atoms with Gasteiger partial charge in [0.25, 0.3) is 5.91 Å². The summed E-state index contributed by atoms with van der Waals surface area (Å²) in [4.78, 5) is 23.5. The topological polar surface area (TPSA) is 98.0 Å². The molecular formula is C20H25NO6. The maximum absolute atomic E-state index is 12.6. The molecule has 0 spiro atoms. The van der Waals surface area contributed by atoms with Crippen LogP contribution in [0.15, 0.2) is 28.9 Å². The highest BCUT2D eigenvalue weighted by Gasteiger charge is 2.20. The second kappa shape index (κ2) is 9.78. The van der Waals surface area contributed by atoms with Gasteiger partial charge in [-0.25, -0.2) is 0 Å². The Morgan fingerprint density at radius 1 is 1.22 bits per heavy atom. The van der Waals surface area contributed by atoms with Crippen molar-refractivity contribution in [2.75, 3.05) is 19.8 Å². The van der Waals surface area contributed by atoms with Crippen molar-refractivity contribution in [3.63, 3.8) is 0 Å². The molecule has 1 heterocycles. The number of hydrogen-bond donors (Lipinski definition) is 2. The first-order valence-electron chi connectivity index (χ1n) is 8.79. The van der Waals surface area contributed by atoms with Gasteiger partial charge in [0.2, 0.25) is 0 Å². The van der Waals surface area contributed by atoms with E-state index in [2.05, 4.69) is 5.32 Å². The Morgan fingerprint density at radius 2 is 2.00 bits per heavy atom. The van der Waals surface area contributed by atoms with Crippen molar-refractivity contribution >= 4 is 11.9 Å². The van der Waals surface area contributed by atoms with Crippen LogP contribution in [0, 0.1) is 13.8 Å². The lowest BCUT2D eigenvalue weighted by molar-refractivity contribution is -0.136. The molecule has 2 rings (SSSR count). The Bertz CT molecular complexity index is 796. The van der Waals surface area contributed by atoms with E-state index in [-0.39, 0.29) is 30.2 Å². The number of amides is 1. The van der Waals surface area contributed by atoms with E-state index in [0.29, 0.717) is 31.1 Å². The summed E-state index contributed by atoms with van der Waals surface area (Å²) >= 11 is 0. The second-order valence-electron chi connectivity index (χ2n) is 6.13. The summed E-state index contributed by atoms with van der Waals surface area (Å²) < 4.78 is 16.3. The quantitative estimate of drug-likeness (QED) is 0.620. The highest BCUT2D eigenvalue weighted by molar-refractivity contribution is 5.97. The van der Waals surface area contributed by atoms with E-state index in [1.54, 1.807) is 6.92 Å². The standard InChI is InChI=1S/C20H25NO6/c1-4-25-7-8-26-16-9-13(2)5-6-15(16)11-21-20(24)19-14(3)12-27-17(19)10-18(22)23/h5-6,9,12H,4,7-8,10-11H2,1-3H3,(H,21,24)(H,22,23). The first-order valence-corrected chi connectivity index (χ1v) is 8.79. The number of rotatable bonds is 10. The summed E-state index contributed by atoms with van der Waals surface area (Å²) in [5.41, 5.74) is 2.74. The molecule has 27 heavy (non-hydrogen) atoms. The van der Waals surface area contributed by atoms with Gasteiger partial charge in [0.1, 0.15) is 24.5 Å². The van der Waals surface area contributed by atoms with Crippen LogP contribution in [0.4, 0.5) is 0 Å². The first kappa shape index (κ1) is 20.5. The molecule has 0 aliphatic rings. The predicted octanol–water partition coefficient (Wildman–Crippen LogP) is 2.87. The molecule has 0 unspecified atom stereocenters. The number of nitrogens with one attached hydrogen (secondary N) is 1. The number of hydrogen-bond acceptors (Lipinski definition) is 5. The maximum Gasteiger partial charge on any atom is 0.311 e. The van der Waals surface area contributed by atoms with Crippen LogP contribution in [0.3, 0.4) is 0 Å². The van der Waals surface area contributed by atoms with Crippen LogP contribution in [-0.4, -0.2) is 36.8 Å². The van der Waals surface area contributed by atoms with Crippen molar-refractivity contribution in [3.05, 3.63) is 52.5 Å². The number of carboxylic acids is 1. The molecule has 146 valence electrons. The fraction of sp³-hybridized carbons (Fsp3) is 0.400. The third kappa shape index (κ3) is 5.86. The molecule has 0 radical (unpaired) electrons. The number of carboxylic acid groups (broad SMARTS) is 1. The van der Waals surface area contributed by atoms with Gasteiger partial charge in [-0.15, -0.1) is 0 Å². The Balaban J connectivity index is 2.07. The molecule has 7 heteroatoms. The number of benzene rings is 1. The smallest absolute Gasteiger partial charge is 0.311 e. The second-order valence-corrected chi connectivity index (χ2v) is 6.13. The van der Waals surface area contributed by atoms with Crippen LogP contribution in [0.1, 0.15) is 39.7 Å². The Labute approximate surface area is 158 Å². The molecule has 2 N–H and O–H groups in total. The zero-order valence-corrected chi connectivity index (χ0v) is 15.8. The first-order chi connectivity index (χ1) is 12.9. The number of carbonyl (C=O) groups excluding carboxylic acids is 1. The molecule has 0 aliphatic carbocycles. The monoisotopic (exact) mass is 375 g/mol. The Morgan fingerprint density at radius 3 is 2.70 bits per heavy atom. The van der Waals surface area contributed by atoms with Crippen molar-refractivity contribution in [2.24, 2.45) is 0 Å². The van der Waals surface area contributed by atoms with Crippen molar-refractivity contribution in [3.8, 4) is 5.75 Å². The highest BCUT2D eigenvalue weighted by atomic mass is 16.5. The van der Waals surface area contributed by atoms with E-state index in [1.165, 1.54) is 6.26 Å². The molecule has 1 amide bonds. The predicted molar refractivity (Wildman–Crippen MR) is 99.1 cm³/mol. The van der Waals surface area contributed by atoms with Gasteiger partial charge in [-0.05, 0) is 32.4 Å². The van der Waals surface area contributed by atoms with Gasteiger partial charge in [-0.2, -0.15) is 0 Å². The molecule has 0 fully saturated rings. The van der Waals surface area contributed by atoms with E-state index in [1.807, 2.05) is 32.0 Å². The van der Waals surface area contributed by atoms with E-state index in [4.69, 9.17) is 19.0 Å². The van der Waals surface area contributed by atoms with Crippen molar-refractivity contribution in [1.29, 1.82) is 0 Å². The summed E-state index contributed by atoms with van der Waals surface area (Å²) in [6.45, 7) is 7.38. The van der Waals surface area contributed by atoms with Gasteiger partial charge >= 0.3 is 5.97 Å². The van der Waals surface area contributed by atoms with Gasteiger partial charge in [0.15, 0.2) is 0 Å². The molecule has 1 aromatic heterocycles. The maximum atomic E-state index is 12.6. The third-order valence-corrected chi connectivity index (χ3v) is 3.94. The number of ether oxygens (including phenoxy) is 2. The largest absolute Gasteiger partial charge is 0.491 e. The Kier molecular flexibility index (Phi) is 7.43. The highest BCUT2D eigenvalue weighted by Crippen LogP contribution is 2.22. The lowest BCUT2D eigenvalue weighted by Gasteiger charge is -2.13. The van der Waals surface area contributed by atoms with Crippen molar-refractivity contribution in [2.45, 2.75) is 33.7 Å². The van der Waals surface area contributed by atoms with E-state index in [0.717, 1.165) is 11.1 Å². The molecule has 0 aliphatic heterocycles. The van der Waals surface area contributed by atoms with Crippen LogP contribution in [0.25, 0.3) is 0 Å². The molecule has 7 nitrogen and oxygen atoms in total. The minimum Gasteiger partial charge on any atom is -0.491 e. The minimum absolute atomic E-state index is 0.148. The summed E-state index contributed by atoms with van der Waals surface area (Å²) in [7, 11) is 0. The summed E-state index contributed by atoms with van der Waals surface area (Å²) in [6, 6.07) is 5.74. The van der Waals surface area contributed by atoms with Crippen LogP contribution in [0.2, 0.25) is 0 Å². The number of furan rings is 1. The average Bonchev–Trinajstić information content (AvgIpc) is 2.97. The average molecular weight is 375 g/mol. The van der Waals surface area contributed by atoms with Crippen LogP contribution in [-0.2, 0) is 22.5 Å². The number of carbonyl (C=O) groups is 2. The molecular weight excluding hydrogens is 350 g/mol. The molecule has 0 saturated carbocycles. The van der Waals surface area contributed by atoms with Crippen LogP contribution < -0.4 is 10.1 Å². The molecule has 0 bridgehead atoms. The van der Waals surface area contributed by atoms with Gasteiger partial charge in [0.05, 0.1) is 18.4 Å². The fourth-order valence-electron chi connectivity index (χ4n) is 2.63. The molecule has 0 atom stereocenters. The zero-order chi connectivity index (χ0) is 19.8. The normalized spacial score (nSPS) is 10.6. The molecule has 1 aromatic carbocycles. The summed E-state index contributed by atoms with van der Waals surface area (Å²) in [5, 5.41) is 11.8. The Hall–Kier alpha value is -2.80. The van der Waals surface area contributed by atoms with E-state index in [9.17, 15) is 9.59 Å². The zero-order valence-electron chi connectivity index (χ0n) is 15.8. The minimum atomic E-state index is -1.05. The number of aryl methyl sites for hydroxylation is 2. The van der Waals surface area contributed by atoms with Crippen LogP contribution in [0.5, 0.6) is 5.75 Å². The lowest BCUT2D eigenvalue weighted by atomic mass is 10.1. The summed E-state index contributed by atoms with van der Waals surface area (Å²) in [5.74, 6) is -0.598. The van der Waals surface area contributed by atoms with Gasteiger partial charge in [0, 0.05) is 24.3 Å². The SMILES string of the molecule is CCOCCOc1cc(C)ccc1CNC(=O)c1c(C)coc1CC(=O)O.